The first-order valence-corrected chi connectivity index (χ1v) is 13.4. The molecule has 5 rings (SSSR count). The minimum atomic E-state index is -4.04. The highest BCUT2D eigenvalue weighted by Crippen LogP contribution is 2.44. The average molecular weight is 517 g/mol. The van der Waals surface area contributed by atoms with Crippen molar-refractivity contribution in [2.45, 2.75) is 57.8 Å². The van der Waals surface area contributed by atoms with Gasteiger partial charge in [-0.15, -0.1) is 5.10 Å². The lowest BCUT2D eigenvalue weighted by Crippen LogP contribution is -2.50. The first-order valence-electron chi connectivity index (χ1n) is 11.9. The maximum atomic E-state index is 14.9. The first-order chi connectivity index (χ1) is 17.1. The number of aryl methyl sites for hydroxylation is 1. The molecule has 3 heterocycles. The summed E-state index contributed by atoms with van der Waals surface area (Å²) in [5, 5.41) is 6.04. The van der Waals surface area contributed by atoms with Crippen molar-refractivity contribution in [3.8, 4) is 0 Å². The molecule has 0 aliphatic carbocycles. The van der Waals surface area contributed by atoms with Crippen molar-refractivity contribution in [1.82, 2.24) is 19.2 Å². The predicted octanol–water partition coefficient (Wildman–Crippen LogP) is 3.32. The van der Waals surface area contributed by atoms with Crippen LogP contribution in [0.5, 0.6) is 0 Å². The Morgan fingerprint density at radius 3 is 2.58 bits per heavy atom. The molecule has 3 aromatic rings. The van der Waals surface area contributed by atoms with Gasteiger partial charge in [0.15, 0.2) is 0 Å². The Labute approximate surface area is 208 Å². The Bertz CT molecular complexity index is 1440. The molecule has 2 aliphatic heterocycles. The van der Waals surface area contributed by atoms with Crippen molar-refractivity contribution in [1.29, 1.82) is 0 Å². The van der Waals surface area contributed by atoms with E-state index in [0.29, 0.717) is 30.6 Å². The molecule has 36 heavy (non-hydrogen) atoms. The monoisotopic (exact) mass is 516 g/mol. The van der Waals surface area contributed by atoms with E-state index < -0.39 is 39.3 Å². The summed E-state index contributed by atoms with van der Waals surface area (Å²) in [6.45, 7) is 6.31. The molecule has 1 saturated heterocycles. The van der Waals surface area contributed by atoms with Crippen molar-refractivity contribution < 1.29 is 22.0 Å². The zero-order valence-corrected chi connectivity index (χ0v) is 21.2. The van der Waals surface area contributed by atoms with Gasteiger partial charge in [0.25, 0.3) is 10.2 Å². The predicted molar refractivity (Wildman–Crippen MR) is 130 cm³/mol. The quantitative estimate of drug-likeness (QED) is 0.519. The SMILES string of the molecule is Cc1ccc(F)c(C(C)[C@H](NS(=O)(=O)N2CCC3(CC2)OCc2ccccc23)c2n[nH]c(=O)o2)c1C. The van der Waals surface area contributed by atoms with E-state index in [-0.39, 0.29) is 19.0 Å². The summed E-state index contributed by atoms with van der Waals surface area (Å²) in [6.07, 6.45) is 1.02. The van der Waals surface area contributed by atoms with Crippen molar-refractivity contribution in [2.75, 3.05) is 13.1 Å². The van der Waals surface area contributed by atoms with Crippen LogP contribution in [-0.2, 0) is 27.2 Å². The number of piperidine rings is 1. The number of fused-ring (bicyclic) bond motifs is 2. The Hall–Kier alpha value is -2.86. The van der Waals surface area contributed by atoms with Crippen molar-refractivity contribution in [3.05, 3.63) is 86.5 Å². The number of halogens is 1. The van der Waals surface area contributed by atoms with Crippen LogP contribution in [0.1, 0.15) is 65.4 Å². The van der Waals surface area contributed by atoms with Crippen LogP contribution in [0.2, 0.25) is 0 Å². The van der Waals surface area contributed by atoms with E-state index in [9.17, 15) is 17.6 Å². The van der Waals surface area contributed by atoms with Crippen molar-refractivity contribution in [2.24, 2.45) is 0 Å². The number of rotatable bonds is 6. The molecule has 1 aromatic heterocycles. The van der Waals surface area contributed by atoms with Gasteiger partial charge in [-0.25, -0.2) is 14.3 Å². The van der Waals surface area contributed by atoms with Crippen molar-refractivity contribution in [3.63, 3.8) is 0 Å². The molecule has 0 amide bonds. The zero-order chi connectivity index (χ0) is 25.7. The maximum absolute atomic E-state index is 14.9. The molecule has 0 bridgehead atoms. The normalized spacial score (nSPS) is 19.3. The van der Waals surface area contributed by atoms with Crippen LogP contribution in [-0.4, -0.2) is 36.0 Å². The van der Waals surface area contributed by atoms with E-state index in [4.69, 9.17) is 9.15 Å². The summed E-state index contributed by atoms with van der Waals surface area (Å²) in [7, 11) is -4.04. The second kappa shape index (κ2) is 9.22. The van der Waals surface area contributed by atoms with Gasteiger partial charge in [0.1, 0.15) is 11.9 Å². The van der Waals surface area contributed by atoms with E-state index in [2.05, 4.69) is 14.9 Å². The number of hydrogen-bond acceptors (Lipinski definition) is 6. The lowest BCUT2D eigenvalue weighted by Gasteiger charge is -2.39. The van der Waals surface area contributed by atoms with Gasteiger partial charge in [0.05, 0.1) is 12.2 Å². The molecule has 2 aliphatic rings. The molecule has 1 spiro atoms. The van der Waals surface area contributed by atoms with Crippen LogP contribution in [0, 0.1) is 19.7 Å². The second-order valence-electron chi connectivity index (χ2n) is 9.58. The molecular weight excluding hydrogens is 487 g/mol. The minimum Gasteiger partial charge on any atom is -0.391 e. The van der Waals surface area contributed by atoms with Crippen LogP contribution in [0.15, 0.2) is 45.6 Å². The van der Waals surface area contributed by atoms with E-state index in [0.717, 1.165) is 16.7 Å². The Morgan fingerprint density at radius 2 is 1.89 bits per heavy atom. The van der Waals surface area contributed by atoms with Crippen molar-refractivity contribution >= 4 is 10.2 Å². The van der Waals surface area contributed by atoms with E-state index in [1.807, 2.05) is 31.2 Å². The number of H-pyrrole nitrogens is 1. The molecule has 11 heteroatoms. The smallest absolute Gasteiger partial charge is 0.391 e. The lowest BCUT2D eigenvalue weighted by molar-refractivity contribution is -0.0690. The third-order valence-electron chi connectivity index (χ3n) is 7.57. The van der Waals surface area contributed by atoms with Gasteiger partial charge in [0.2, 0.25) is 5.89 Å². The fourth-order valence-corrected chi connectivity index (χ4v) is 6.83. The molecule has 2 atom stereocenters. The Balaban J connectivity index is 1.41. The second-order valence-corrected chi connectivity index (χ2v) is 11.3. The van der Waals surface area contributed by atoms with Crippen LogP contribution < -0.4 is 10.5 Å². The third-order valence-corrected chi connectivity index (χ3v) is 9.16. The zero-order valence-electron chi connectivity index (χ0n) is 20.4. The fourth-order valence-electron chi connectivity index (χ4n) is 5.39. The first kappa shape index (κ1) is 24.8. The molecule has 1 fully saturated rings. The highest BCUT2D eigenvalue weighted by molar-refractivity contribution is 7.87. The van der Waals surface area contributed by atoms with Crippen LogP contribution in [0.25, 0.3) is 0 Å². The fraction of sp³-hybridized carbons (Fsp3) is 0.440. The van der Waals surface area contributed by atoms with Gasteiger partial charge in [-0.1, -0.05) is 37.3 Å². The van der Waals surface area contributed by atoms with Gasteiger partial charge in [0, 0.05) is 19.0 Å². The highest BCUT2D eigenvalue weighted by atomic mass is 32.2. The van der Waals surface area contributed by atoms with Crippen LogP contribution in [0.3, 0.4) is 0 Å². The van der Waals surface area contributed by atoms with Gasteiger partial charge >= 0.3 is 5.76 Å². The summed E-state index contributed by atoms with van der Waals surface area (Å²) < 4.78 is 57.2. The third kappa shape index (κ3) is 4.30. The largest absolute Gasteiger partial charge is 0.434 e. The van der Waals surface area contributed by atoms with Gasteiger partial charge in [-0.3, -0.25) is 0 Å². The molecular formula is C25H29FN4O5S. The molecule has 0 saturated carbocycles. The van der Waals surface area contributed by atoms with E-state index in [1.54, 1.807) is 19.9 Å². The average Bonchev–Trinajstić information content (AvgIpc) is 3.44. The van der Waals surface area contributed by atoms with Gasteiger partial charge in [-0.05, 0) is 60.6 Å². The molecule has 2 aromatic carbocycles. The summed E-state index contributed by atoms with van der Waals surface area (Å²) >= 11 is 0. The number of hydrogen-bond donors (Lipinski definition) is 2. The Morgan fingerprint density at radius 1 is 1.17 bits per heavy atom. The lowest BCUT2D eigenvalue weighted by atomic mass is 9.84. The van der Waals surface area contributed by atoms with Crippen LogP contribution >= 0.6 is 0 Å². The number of aromatic nitrogens is 2. The summed E-state index contributed by atoms with van der Waals surface area (Å²) in [5.41, 5.74) is 3.65. The summed E-state index contributed by atoms with van der Waals surface area (Å²) in [5.74, 6) is -2.16. The number of nitrogens with one attached hydrogen (secondary N) is 2. The molecule has 9 nitrogen and oxygen atoms in total. The molecule has 2 N–H and O–H groups in total. The molecule has 0 radical (unpaired) electrons. The number of benzene rings is 2. The minimum absolute atomic E-state index is 0.155. The van der Waals surface area contributed by atoms with Gasteiger partial charge < -0.3 is 9.15 Å². The van der Waals surface area contributed by atoms with E-state index in [1.165, 1.54) is 10.4 Å². The molecule has 1 unspecified atom stereocenters. The number of aromatic amines is 1. The summed E-state index contributed by atoms with van der Waals surface area (Å²) in [6, 6.07) is 9.92. The van der Waals surface area contributed by atoms with Crippen LogP contribution in [0.4, 0.5) is 4.39 Å². The topological polar surface area (TPSA) is 118 Å². The standard InChI is InChI=1S/C25H29FN4O5S/c1-15-8-9-20(26)21(16(15)2)17(3)22(23-27-28-24(31)35-23)29-36(32,33)30-12-10-25(11-13-30)19-7-5-4-6-18(19)14-34-25/h4-9,17,22,29H,10-14H2,1-3H3,(H,28,31)/t17?,22-/m0/s1. The summed E-state index contributed by atoms with van der Waals surface area (Å²) in [4.78, 5) is 11.7. The maximum Gasteiger partial charge on any atom is 0.434 e. The number of nitrogens with zero attached hydrogens (tertiary/aromatic N) is 2. The Kier molecular flexibility index (Phi) is 6.36. The van der Waals surface area contributed by atoms with Gasteiger partial charge in [-0.2, -0.15) is 17.4 Å². The highest BCUT2D eigenvalue weighted by Gasteiger charge is 2.45. The molecule has 192 valence electrons. The van der Waals surface area contributed by atoms with E-state index >= 15 is 0 Å². The number of ether oxygens (including phenoxy) is 1.